The fourth-order valence-corrected chi connectivity index (χ4v) is 13.6. The lowest BCUT2D eigenvalue weighted by Gasteiger charge is -2.71. The highest BCUT2D eigenvalue weighted by atomic mass is 32.2. The zero-order valence-corrected chi connectivity index (χ0v) is 29.8. The van der Waals surface area contributed by atoms with Gasteiger partial charge in [0.05, 0.1) is 23.0 Å². The molecule has 1 aliphatic heterocycles. The second-order valence-corrected chi connectivity index (χ2v) is 20.7. The number of rotatable bonds is 5. The molecule has 6 nitrogen and oxygen atoms in total. The third-order valence-corrected chi connectivity index (χ3v) is 17.1. The van der Waals surface area contributed by atoms with E-state index in [1.165, 1.54) is 12.8 Å². The highest BCUT2D eigenvalue weighted by Gasteiger charge is 2.69. The van der Waals surface area contributed by atoms with E-state index in [9.17, 15) is 18.3 Å². The third kappa shape index (κ3) is 4.98. The van der Waals surface area contributed by atoms with Crippen molar-refractivity contribution in [2.45, 2.75) is 125 Å². The van der Waals surface area contributed by atoms with Crippen molar-refractivity contribution >= 4 is 15.7 Å². The van der Waals surface area contributed by atoms with E-state index >= 15 is 0 Å². The van der Waals surface area contributed by atoms with Gasteiger partial charge in [-0.2, -0.15) is 0 Å². The van der Waals surface area contributed by atoms with Gasteiger partial charge in [-0.05, 0) is 122 Å². The van der Waals surface area contributed by atoms with Gasteiger partial charge < -0.3 is 15.3 Å². The van der Waals surface area contributed by atoms with Gasteiger partial charge in [0, 0.05) is 19.6 Å². The van der Waals surface area contributed by atoms with Gasteiger partial charge in [-0.1, -0.05) is 60.1 Å². The molecule has 8 atom stereocenters. The van der Waals surface area contributed by atoms with Crippen LogP contribution in [0.25, 0.3) is 0 Å². The minimum Gasteiger partial charge on any atom is -0.393 e. The Morgan fingerprint density at radius 2 is 1.61 bits per heavy atom. The van der Waals surface area contributed by atoms with Crippen LogP contribution in [0.2, 0.25) is 0 Å². The summed E-state index contributed by atoms with van der Waals surface area (Å²) in [5, 5.41) is 14.5. The molecule has 2 N–H and O–H groups in total. The maximum Gasteiger partial charge on any atom is 0.226 e. The number of carbonyl (C=O) groups excluding carboxylic acids is 1. The largest absolute Gasteiger partial charge is 0.393 e. The van der Waals surface area contributed by atoms with Gasteiger partial charge in [-0.3, -0.25) is 4.79 Å². The first-order valence-corrected chi connectivity index (χ1v) is 19.8. The summed E-state index contributed by atoms with van der Waals surface area (Å²) >= 11 is 0. The minimum absolute atomic E-state index is 0.0435. The normalized spacial score (nSPS) is 46.0. The van der Waals surface area contributed by atoms with Crippen molar-refractivity contribution in [1.29, 1.82) is 0 Å². The second kappa shape index (κ2) is 10.8. The highest BCUT2D eigenvalue weighted by molar-refractivity contribution is 7.91. The summed E-state index contributed by atoms with van der Waals surface area (Å²) in [7, 11) is -2.87. The van der Waals surface area contributed by atoms with Crippen molar-refractivity contribution in [3.8, 4) is 0 Å². The van der Waals surface area contributed by atoms with E-state index in [1.54, 1.807) is 5.57 Å². The fraction of sp³-hybridized carbons (Fsp3) is 0.919. The number of sulfone groups is 1. The first kappa shape index (κ1) is 33.0. The lowest BCUT2D eigenvalue weighted by atomic mass is 9.33. The first-order valence-electron chi connectivity index (χ1n) is 18.0. The molecule has 0 bridgehead atoms. The molecule has 1 saturated heterocycles. The van der Waals surface area contributed by atoms with E-state index in [1.807, 2.05) is 0 Å². The maximum atomic E-state index is 14.3. The molecule has 0 aromatic heterocycles. The molecule has 44 heavy (non-hydrogen) atoms. The molecule has 7 heteroatoms. The Kier molecular flexibility index (Phi) is 8.10. The SMILES string of the molecule is CC1(C)CC[C@]2(C(=O)NCCCN3CCS(=O)(=O)CC3)CC[C@]3(C)C(=CC[C@@H]4[C@@]5(C)CCC(O)C(C)(C)[C@@H]5CC[C@]43C)[C@@H]2C1. The topological polar surface area (TPSA) is 86.7 Å². The van der Waals surface area contributed by atoms with Crippen molar-refractivity contribution in [3.05, 3.63) is 11.6 Å². The van der Waals surface area contributed by atoms with E-state index in [0.717, 1.165) is 64.3 Å². The number of aliphatic hydroxyl groups excluding tert-OH is 1. The molecule has 0 aromatic carbocycles. The minimum atomic E-state index is -2.87. The highest BCUT2D eigenvalue weighted by Crippen LogP contribution is 2.75. The summed E-state index contributed by atoms with van der Waals surface area (Å²) in [5.41, 5.74) is 2.01. The monoisotopic (exact) mass is 630 g/mol. The van der Waals surface area contributed by atoms with Crippen LogP contribution in [0.5, 0.6) is 0 Å². The Morgan fingerprint density at radius 3 is 2.32 bits per heavy atom. The van der Waals surface area contributed by atoms with Gasteiger partial charge in [0.15, 0.2) is 9.84 Å². The lowest BCUT2D eigenvalue weighted by Crippen LogP contribution is -2.65. The standard InChI is InChI=1S/C37H62N2O4S/c1-32(2)15-17-37(31(41)38-19-8-20-39-21-23-44(42,43)24-22-39)18-16-35(6)26(27(37)25-32)9-10-29-34(5)13-12-30(40)33(3,4)28(34)11-14-36(29,35)7/h9,27-30,40H,8,10-25H2,1-7H3,(H,38,41)/t27-,28-,29+,30?,34-,35+,36+,37-/m0/s1. The number of allylic oxidation sites excluding steroid dienone is 2. The smallest absolute Gasteiger partial charge is 0.226 e. The van der Waals surface area contributed by atoms with Crippen LogP contribution < -0.4 is 5.32 Å². The Morgan fingerprint density at radius 1 is 0.932 bits per heavy atom. The Balaban J connectivity index is 1.23. The molecule has 0 spiro atoms. The number of nitrogens with zero attached hydrogens (tertiary/aromatic N) is 1. The van der Waals surface area contributed by atoms with Crippen molar-refractivity contribution in [2.24, 2.45) is 50.2 Å². The van der Waals surface area contributed by atoms with Crippen LogP contribution in [0.3, 0.4) is 0 Å². The fourth-order valence-electron chi connectivity index (χ4n) is 12.3. The molecule has 5 aliphatic carbocycles. The molecule has 6 rings (SSSR count). The Hall–Kier alpha value is -0.920. The van der Waals surface area contributed by atoms with Crippen LogP contribution in [0.15, 0.2) is 11.6 Å². The van der Waals surface area contributed by atoms with Crippen molar-refractivity contribution in [2.75, 3.05) is 37.7 Å². The summed E-state index contributed by atoms with van der Waals surface area (Å²) in [4.78, 5) is 16.6. The van der Waals surface area contributed by atoms with Crippen molar-refractivity contribution in [1.82, 2.24) is 10.2 Å². The zero-order chi connectivity index (χ0) is 32.0. The second-order valence-electron chi connectivity index (χ2n) is 18.4. The van der Waals surface area contributed by atoms with Crippen LogP contribution in [0.1, 0.15) is 119 Å². The van der Waals surface area contributed by atoms with Crippen molar-refractivity contribution in [3.63, 3.8) is 0 Å². The Labute approximate surface area is 268 Å². The summed E-state index contributed by atoms with van der Waals surface area (Å²) in [6, 6.07) is 0. The molecule has 4 saturated carbocycles. The predicted octanol–water partition coefficient (Wildman–Crippen LogP) is 6.39. The number of amides is 1. The molecule has 250 valence electrons. The lowest BCUT2D eigenvalue weighted by molar-refractivity contribution is -0.203. The van der Waals surface area contributed by atoms with E-state index in [2.05, 4.69) is 64.8 Å². The van der Waals surface area contributed by atoms with E-state index < -0.39 is 9.84 Å². The zero-order valence-electron chi connectivity index (χ0n) is 28.9. The summed E-state index contributed by atoms with van der Waals surface area (Å²) < 4.78 is 23.6. The number of hydrogen-bond acceptors (Lipinski definition) is 5. The number of nitrogens with one attached hydrogen (secondary N) is 1. The van der Waals surface area contributed by atoms with E-state index in [0.29, 0.717) is 37.4 Å². The number of carbonyl (C=O) groups is 1. The first-order chi connectivity index (χ1) is 20.4. The average Bonchev–Trinajstić information content (AvgIpc) is 2.94. The number of aliphatic hydroxyl groups is 1. The van der Waals surface area contributed by atoms with Crippen LogP contribution in [-0.4, -0.2) is 68.1 Å². The van der Waals surface area contributed by atoms with Gasteiger partial charge in [0.25, 0.3) is 0 Å². The molecular weight excluding hydrogens is 568 g/mol. The summed E-state index contributed by atoms with van der Waals surface area (Å²) in [6.45, 7) is 20.0. The molecular formula is C37H62N2O4S. The molecule has 6 aliphatic rings. The third-order valence-electron chi connectivity index (χ3n) is 15.4. The van der Waals surface area contributed by atoms with Gasteiger partial charge in [-0.25, -0.2) is 8.42 Å². The summed E-state index contributed by atoms with van der Waals surface area (Å²) in [5.74, 6) is 2.24. The van der Waals surface area contributed by atoms with Crippen LogP contribution in [0, 0.1) is 50.2 Å². The van der Waals surface area contributed by atoms with E-state index in [4.69, 9.17) is 0 Å². The predicted molar refractivity (Wildman–Crippen MR) is 178 cm³/mol. The van der Waals surface area contributed by atoms with E-state index in [-0.39, 0.29) is 56.0 Å². The van der Waals surface area contributed by atoms with Crippen LogP contribution >= 0.6 is 0 Å². The van der Waals surface area contributed by atoms with Gasteiger partial charge in [-0.15, -0.1) is 0 Å². The van der Waals surface area contributed by atoms with Crippen molar-refractivity contribution < 1.29 is 18.3 Å². The molecule has 0 radical (unpaired) electrons. The average molecular weight is 631 g/mol. The van der Waals surface area contributed by atoms with Gasteiger partial charge in [0.2, 0.25) is 5.91 Å². The molecule has 1 unspecified atom stereocenters. The number of hydrogen-bond donors (Lipinski definition) is 2. The molecule has 5 fully saturated rings. The Bertz CT molecular complexity index is 1280. The quantitative estimate of drug-likeness (QED) is 0.272. The summed E-state index contributed by atoms with van der Waals surface area (Å²) in [6.07, 6.45) is 14.1. The molecule has 1 heterocycles. The van der Waals surface area contributed by atoms with Crippen LogP contribution in [-0.2, 0) is 14.6 Å². The number of fused-ring (bicyclic) bond motifs is 7. The van der Waals surface area contributed by atoms with Crippen LogP contribution in [0.4, 0.5) is 0 Å². The molecule has 0 aromatic rings. The van der Waals surface area contributed by atoms with Gasteiger partial charge in [0.1, 0.15) is 0 Å². The van der Waals surface area contributed by atoms with Gasteiger partial charge >= 0.3 is 0 Å². The molecule has 1 amide bonds. The maximum absolute atomic E-state index is 14.3.